The van der Waals surface area contributed by atoms with E-state index < -0.39 is 0 Å². The molecule has 0 spiro atoms. The van der Waals surface area contributed by atoms with Crippen molar-refractivity contribution in [2.24, 2.45) is 58.7 Å². The minimum atomic E-state index is 0.0709. The predicted molar refractivity (Wildman–Crippen MR) is 184 cm³/mol. The highest BCUT2D eigenvalue weighted by molar-refractivity contribution is 5.95. The summed E-state index contributed by atoms with van der Waals surface area (Å²) in [4.78, 5) is 27.8. The number of carbonyl (C=O) groups excluding carboxylic acids is 2. The summed E-state index contributed by atoms with van der Waals surface area (Å²) in [5, 5.41) is 0. The van der Waals surface area contributed by atoms with Crippen LogP contribution >= 0.6 is 0 Å². The van der Waals surface area contributed by atoms with Crippen molar-refractivity contribution in [3.8, 4) is 0 Å². The predicted octanol–water partition coefficient (Wildman–Crippen LogP) is 10.6. The molecule has 4 aliphatic carbocycles. The molecule has 8 atom stereocenters. The molecule has 3 saturated carbocycles. The number of ketones is 2. The fraction of sp³-hybridized carbons (Fsp3) is 0.667. The average molecular weight is 597 g/mol. The molecule has 0 aromatic heterocycles. The zero-order valence-corrected chi connectivity index (χ0v) is 28.4. The summed E-state index contributed by atoms with van der Waals surface area (Å²) >= 11 is 0. The van der Waals surface area contributed by atoms with Gasteiger partial charge in [0.15, 0.2) is 5.78 Å². The molecular formula is C42H60O2. The lowest BCUT2D eigenvalue weighted by Gasteiger charge is -2.33. The molecule has 8 unspecified atom stereocenters. The molecule has 1 aromatic carbocycles. The van der Waals surface area contributed by atoms with Crippen molar-refractivity contribution in [3.05, 3.63) is 72.4 Å². The van der Waals surface area contributed by atoms with Gasteiger partial charge in [0.1, 0.15) is 5.78 Å². The van der Waals surface area contributed by atoms with E-state index in [9.17, 15) is 9.59 Å². The molecule has 0 saturated heterocycles. The van der Waals surface area contributed by atoms with Gasteiger partial charge in [-0.25, -0.2) is 0 Å². The summed E-state index contributed by atoms with van der Waals surface area (Å²) < 4.78 is 0. The van der Waals surface area contributed by atoms with Gasteiger partial charge in [-0.2, -0.15) is 0 Å². The zero-order valence-electron chi connectivity index (χ0n) is 28.4. The fourth-order valence-corrected chi connectivity index (χ4v) is 10.3. The van der Waals surface area contributed by atoms with Crippen LogP contribution in [0.1, 0.15) is 116 Å². The number of rotatable bonds is 17. The van der Waals surface area contributed by atoms with E-state index in [-0.39, 0.29) is 23.5 Å². The van der Waals surface area contributed by atoms with E-state index in [1.54, 1.807) is 0 Å². The Balaban J connectivity index is 1.33. The van der Waals surface area contributed by atoms with Crippen LogP contribution in [0.4, 0.5) is 0 Å². The fourth-order valence-electron chi connectivity index (χ4n) is 10.3. The second-order valence-electron chi connectivity index (χ2n) is 16.1. The monoisotopic (exact) mass is 596 g/mol. The van der Waals surface area contributed by atoms with E-state index in [0.717, 1.165) is 75.2 Å². The Hall–Kier alpha value is -2.22. The Labute approximate surface area is 269 Å². The molecule has 0 radical (unpaired) electrons. The molecule has 44 heavy (non-hydrogen) atoms. The molecular weight excluding hydrogens is 536 g/mol. The van der Waals surface area contributed by atoms with Gasteiger partial charge in [-0.3, -0.25) is 9.59 Å². The van der Waals surface area contributed by atoms with E-state index in [1.807, 2.05) is 6.08 Å². The first-order valence-corrected chi connectivity index (χ1v) is 18.2. The Morgan fingerprint density at radius 1 is 1.07 bits per heavy atom. The minimum Gasteiger partial charge on any atom is -0.299 e. The standard InChI is InChI=1S/C42H60O2/c1-8-10-19-39(43)29(5)30(14-9-2)20-21-35-37(26-38-40(35)42(38,6)7)41(44)36(23-27(3)22-31-18-13-15-28(31)4)34-24-32-16-11-12-17-33(32)25-34/h8,11-12,16-17,28,30-31,34-38,40H,1,3,5,9-10,13-15,18-26H2,2,4,6-7H3. The second kappa shape index (κ2) is 14.0. The van der Waals surface area contributed by atoms with Crippen molar-refractivity contribution >= 4 is 11.6 Å². The molecule has 0 bridgehead atoms. The number of hydrogen-bond donors (Lipinski definition) is 0. The molecule has 1 aromatic rings. The van der Waals surface area contributed by atoms with Crippen molar-refractivity contribution < 1.29 is 9.59 Å². The first kappa shape index (κ1) is 33.2. The van der Waals surface area contributed by atoms with E-state index >= 15 is 0 Å². The largest absolute Gasteiger partial charge is 0.299 e. The molecule has 0 amide bonds. The number of fused-ring (bicyclic) bond motifs is 2. The maximum absolute atomic E-state index is 14.9. The van der Waals surface area contributed by atoms with Crippen LogP contribution in [0.25, 0.3) is 0 Å². The van der Waals surface area contributed by atoms with Gasteiger partial charge in [-0.05, 0) is 128 Å². The minimum absolute atomic E-state index is 0.0709. The summed E-state index contributed by atoms with van der Waals surface area (Å²) in [7, 11) is 0. The van der Waals surface area contributed by atoms with Crippen LogP contribution in [0.3, 0.4) is 0 Å². The van der Waals surface area contributed by atoms with Gasteiger partial charge >= 0.3 is 0 Å². The summed E-state index contributed by atoms with van der Waals surface area (Å²) in [6, 6.07) is 8.87. The van der Waals surface area contributed by atoms with Gasteiger partial charge in [-0.1, -0.05) is 96.0 Å². The van der Waals surface area contributed by atoms with Gasteiger partial charge in [0.2, 0.25) is 0 Å². The van der Waals surface area contributed by atoms with Gasteiger partial charge in [0.05, 0.1) is 0 Å². The third-order valence-corrected chi connectivity index (χ3v) is 13.0. The van der Waals surface area contributed by atoms with Crippen LogP contribution in [0, 0.1) is 58.7 Å². The molecule has 0 heterocycles. The maximum atomic E-state index is 14.9. The Bertz CT molecular complexity index is 1210. The van der Waals surface area contributed by atoms with Gasteiger partial charge < -0.3 is 0 Å². The summed E-state index contributed by atoms with van der Waals surface area (Å²) in [5.74, 6) is 4.81. The van der Waals surface area contributed by atoms with E-state index in [1.165, 1.54) is 36.0 Å². The lowest BCUT2D eigenvalue weighted by molar-refractivity contribution is -0.130. The van der Waals surface area contributed by atoms with Crippen LogP contribution in [0.5, 0.6) is 0 Å². The average Bonchev–Trinajstić information content (AvgIpc) is 3.49. The Kier molecular flexibility index (Phi) is 10.6. The van der Waals surface area contributed by atoms with Crippen LogP contribution < -0.4 is 0 Å². The van der Waals surface area contributed by atoms with Crippen molar-refractivity contribution in [3.63, 3.8) is 0 Å². The highest BCUT2D eigenvalue weighted by Gasteiger charge is 2.67. The number of allylic oxidation sites excluding steroid dienone is 3. The number of hydrogen-bond acceptors (Lipinski definition) is 2. The summed E-state index contributed by atoms with van der Waals surface area (Å²) in [6.45, 7) is 22.2. The van der Waals surface area contributed by atoms with Crippen LogP contribution in [0.15, 0.2) is 61.2 Å². The smallest absolute Gasteiger partial charge is 0.158 e. The highest BCUT2D eigenvalue weighted by atomic mass is 16.1. The third-order valence-electron chi connectivity index (χ3n) is 13.0. The molecule has 240 valence electrons. The molecule has 4 aliphatic rings. The number of Topliss-reactive ketones (excluding diaryl/α,β-unsaturated/α-hetero) is 2. The summed E-state index contributed by atoms with van der Waals surface area (Å²) in [6.07, 6.45) is 16.2. The van der Waals surface area contributed by atoms with Crippen molar-refractivity contribution in [1.82, 2.24) is 0 Å². The maximum Gasteiger partial charge on any atom is 0.158 e. The molecule has 2 nitrogen and oxygen atoms in total. The molecule has 0 N–H and O–H groups in total. The van der Waals surface area contributed by atoms with E-state index in [2.05, 4.69) is 71.7 Å². The first-order valence-electron chi connectivity index (χ1n) is 18.2. The quantitative estimate of drug-likeness (QED) is 0.132. The normalized spacial score (nSPS) is 29.9. The van der Waals surface area contributed by atoms with Crippen molar-refractivity contribution in [1.29, 1.82) is 0 Å². The molecule has 2 heteroatoms. The molecule has 0 aliphatic heterocycles. The van der Waals surface area contributed by atoms with Crippen LogP contribution in [0.2, 0.25) is 0 Å². The Morgan fingerprint density at radius 3 is 2.39 bits per heavy atom. The topological polar surface area (TPSA) is 34.1 Å². The lowest BCUT2D eigenvalue weighted by atomic mass is 9.70. The van der Waals surface area contributed by atoms with Crippen LogP contribution in [-0.2, 0) is 22.4 Å². The highest BCUT2D eigenvalue weighted by Crippen LogP contribution is 2.72. The van der Waals surface area contributed by atoms with Crippen molar-refractivity contribution in [2.45, 2.75) is 118 Å². The SMILES string of the molecule is C=CCCC(=O)C(=C)C(CCC)CCC1C(C(=O)C(CC(=C)CC2CCCC2C)C2Cc3ccccc3C2)CC2C1C2(C)C. The van der Waals surface area contributed by atoms with E-state index in [0.29, 0.717) is 47.7 Å². The van der Waals surface area contributed by atoms with Gasteiger partial charge in [0.25, 0.3) is 0 Å². The Morgan fingerprint density at radius 2 is 1.77 bits per heavy atom. The number of carbonyl (C=O) groups is 2. The van der Waals surface area contributed by atoms with E-state index in [4.69, 9.17) is 0 Å². The van der Waals surface area contributed by atoms with Gasteiger partial charge in [0, 0.05) is 18.3 Å². The van der Waals surface area contributed by atoms with Crippen molar-refractivity contribution in [2.75, 3.05) is 0 Å². The second-order valence-corrected chi connectivity index (χ2v) is 16.1. The zero-order chi connectivity index (χ0) is 31.6. The summed E-state index contributed by atoms with van der Waals surface area (Å²) in [5.41, 5.74) is 5.34. The number of benzene rings is 1. The lowest BCUT2D eigenvalue weighted by Crippen LogP contribution is -2.35. The van der Waals surface area contributed by atoms with Gasteiger partial charge in [-0.15, -0.1) is 6.58 Å². The third kappa shape index (κ3) is 6.95. The molecule has 5 rings (SSSR count). The van der Waals surface area contributed by atoms with Crippen LogP contribution in [-0.4, -0.2) is 11.6 Å². The molecule has 3 fully saturated rings. The first-order chi connectivity index (χ1) is 21.1.